The summed E-state index contributed by atoms with van der Waals surface area (Å²) < 4.78 is 0. The van der Waals surface area contributed by atoms with Gasteiger partial charge in [0.15, 0.2) is 0 Å². The van der Waals surface area contributed by atoms with Crippen molar-refractivity contribution in [2.24, 2.45) is 0 Å². The second-order valence-electron chi connectivity index (χ2n) is 32.2. The van der Waals surface area contributed by atoms with Gasteiger partial charge in [-0.25, -0.2) is 0 Å². The smallest absolute Gasteiger partial charge is 0.252 e. The molecule has 0 N–H and O–H groups in total. The van der Waals surface area contributed by atoms with Crippen LogP contribution in [0.25, 0.3) is 22.3 Å². The molecule has 0 spiro atoms. The second-order valence-corrected chi connectivity index (χ2v) is 32.2. The Bertz CT molecular complexity index is 4460. The van der Waals surface area contributed by atoms with Crippen LogP contribution in [0.4, 0.5) is 34.1 Å². The molecule has 0 bridgehead atoms. The van der Waals surface area contributed by atoms with E-state index in [-0.39, 0.29) is 50.0 Å². The second kappa shape index (κ2) is 17.5. The number of hydrogen-bond acceptors (Lipinski definition) is 2. The summed E-state index contributed by atoms with van der Waals surface area (Å²) in [6.45, 7) is 46.3. The van der Waals surface area contributed by atoms with E-state index in [1.807, 2.05) is 0 Å². The largest absolute Gasteiger partial charge is 0.311 e. The summed E-state index contributed by atoms with van der Waals surface area (Å²) in [7, 11) is 0. The fraction of sp³-hybridized carbons (Fsp3) is 0.349. The molecule has 86 heavy (non-hydrogen) atoms. The lowest BCUT2D eigenvalue weighted by Gasteiger charge is -2.49. The van der Waals surface area contributed by atoms with Crippen molar-refractivity contribution in [2.75, 3.05) is 9.80 Å². The van der Waals surface area contributed by atoms with E-state index in [0.29, 0.717) is 0 Å². The lowest BCUT2D eigenvalue weighted by atomic mass is 9.32. The highest BCUT2D eigenvalue weighted by atomic mass is 15.2. The Morgan fingerprint density at radius 3 is 1.37 bits per heavy atom. The Morgan fingerprint density at radius 2 is 0.779 bits per heavy atom. The Balaban J connectivity index is 1.11. The molecule has 0 aromatic heterocycles. The maximum absolute atomic E-state index is 2.78. The van der Waals surface area contributed by atoms with E-state index in [4.69, 9.17) is 0 Å². The van der Waals surface area contributed by atoms with Crippen LogP contribution in [0.2, 0.25) is 0 Å². The third kappa shape index (κ3) is 7.33. The molecule has 432 valence electrons. The van der Waals surface area contributed by atoms with Crippen molar-refractivity contribution in [3.63, 3.8) is 0 Å². The molecule has 0 atom stereocenters. The van der Waals surface area contributed by atoms with Gasteiger partial charge in [0.25, 0.3) is 6.71 Å². The Morgan fingerprint density at radius 1 is 0.337 bits per heavy atom. The number of aryl methyl sites for hydroxylation is 2. The van der Waals surface area contributed by atoms with Gasteiger partial charge in [0.05, 0.1) is 0 Å². The Hall–Kier alpha value is -7.36. The number of rotatable bonds is 3. The summed E-state index contributed by atoms with van der Waals surface area (Å²) in [6.07, 6.45) is 2.32. The molecule has 0 fully saturated rings. The molecule has 3 heteroatoms. The predicted octanol–water partition coefficient (Wildman–Crippen LogP) is 19.9. The van der Waals surface area contributed by atoms with E-state index in [1.165, 1.54) is 163 Å². The first kappa shape index (κ1) is 55.2. The van der Waals surface area contributed by atoms with Crippen molar-refractivity contribution in [3.05, 3.63) is 241 Å². The fourth-order valence-electron chi connectivity index (χ4n) is 17.8. The van der Waals surface area contributed by atoms with Gasteiger partial charge in [0.1, 0.15) is 0 Å². The number of anilines is 6. The van der Waals surface area contributed by atoms with E-state index < -0.39 is 0 Å². The quantitative estimate of drug-likeness (QED) is 0.163. The van der Waals surface area contributed by atoms with Crippen LogP contribution in [0.5, 0.6) is 0 Å². The SMILES string of the molecule is Cc1ccccc1-c1cc2c3c(c1)N(c1cc4c(cc1C)C(C)(C)CCC4(C)C)c1cc4c(cc1B3c1cc3c(cc1N2c1ccc2c(c1)C(C)(C)c1ccccc1C2(C)C)C(C)(C)c1ccccc1C3(C)C)-c1cc(C(C)(C)C)ccc1C4(C)C. The first-order valence-electron chi connectivity index (χ1n) is 32.2. The Kier molecular flexibility index (Phi) is 11.2. The zero-order valence-corrected chi connectivity index (χ0v) is 54.9. The zero-order valence-electron chi connectivity index (χ0n) is 54.9. The third-order valence-electron chi connectivity index (χ3n) is 23.2. The minimum atomic E-state index is -0.267. The molecule has 0 unspecified atom stereocenters. The van der Waals surface area contributed by atoms with Crippen LogP contribution >= 0.6 is 0 Å². The molecule has 2 nitrogen and oxygen atoms in total. The van der Waals surface area contributed by atoms with Crippen LogP contribution in [0.1, 0.15) is 214 Å². The molecule has 15 rings (SSSR count). The molecule has 0 radical (unpaired) electrons. The van der Waals surface area contributed by atoms with Gasteiger partial charge in [0, 0.05) is 61.2 Å². The molecule has 0 saturated heterocycles. The van der Waals surface area contributed by atoms with Crippen molar-refractivity contribution in [2.45, 2.75) is 188 Å². The summed E-state index contributed by atoms with van der Waals surface area (Å²) in [5.41, 5.74) is 36.9. The normalized spacial score (nSPS) is 19.1. The minimum Gasteiger partial charge on any atom is -0.311 e. The summed E-state index contributed by atoms with van der Waals surface area (Å²) in [5.74, 6) is 0. The molecule has 0 amide bonds. The first-order chi connectivity index (χ1) is 40.4. The van der Waals surface area contributed by atoms with Crippen molar-refractivity contribution in [1.29, 1.82) is 0 Å². The maximum atomic E-state index is 2.78. The molecule has 9 aromatic rings. The third-order valence-corrected chi connectivity index (χ3v) is 23.2. The topological polar surface area (TPSA) is 6.48 Å². The molecule has 2 aliphatic heterocycles. The van der Waals surface area contributed by atoms with Crippen molar-refractivity contribution < 1.29 is 0 Å². The molecule has 4 aliphatic carbocycles. The van der Waals surface area contributed by atoms with Crippen LogP contribution in [0.3, 0.4) is 0 Å². The molecule has 6 aliphatic rings. The first-order valence-corrected chi connectivity index (χ1v) is 32.2. The summed E-state index contributed by atoms with van der Waals surface area (Å²) >= 11 is 0. The molecular weight excluding hydrogens is 1040 g/mol. The van der Waals surface area contributed by atoms with Gasteiger partial charge in [0.2, 0.25) is 0 Å². The van der Waals surface area contributed by atoms with Crippen LogP contribution in [0, 0.1) is 13.8 Å². The summed E-state index contributed by atoms with van der Waals surface area (Å²) in [5, 5.41) is 0. The maximum Gasteiger partial charge on any atom is 0.252 e. The fourth-order valence-corrected chi connectivity index (χ4v) is 17.8. The standard InChI is InChI=1S/C83H87BN2/c1-48-26-20-21-27-53(48)50-39-73-75-74(40-50)86(70-46-64-63(38-49(70)2)77(6,7)36-37-78(64,8)9)72-45-62-55(54-41-51(76(3,4)5)32-34-56(54)79(62,10)11)43-68(72)84(75)69-44-66-67(83(18,19)60-31-25-24-30-59(60)82(66,16)17)47-71(69)85(73)52-33-35-61-65(42-52)81(14,15)58-29-23-22-28-57(58)80(61,12)13/h20-35,38-47H,36-37H2,1-19H3. The number of benzene rings is 9. The number of nitrogens with zero attached hydrogens (tertiary/aromatic N) is 2. The van der Waals surface area contributed by atoms with Gasteiger partial charge in [-0.1, -0.05) is 233 Å². The van der Waals surface area contributed by atoms with E-state index in [2.05, 4.69) is 299 Å². The van der Waals surface area contributed by atoms with Crippen LogP contribution in [-0.4, -0.2) is 6.71 Å². The van der Waals surface area contributed by atoms with Crippen molar-refractivity contribution in [1.82, 2.24) is 0 Å². The van der Waals surface area contributed by atoms with Gasteiger partial charge in [-0.2, -0.15) is 0 Å². The van der Waals surface area contributed by atoms with Crippen molar-refractivity contribution in [3.8, 4) is 22.3 Å². The lowest BCUT2D eigenvalue weighted by Crippen LogP contribution is -2.62. The molecular formula is C83H87BN2. The average molecular weight is 1120 g/mol. The van der Waals surface area contributed by atoms with Gasteiger partial charge in [-0.15, -0.1) is 0 Å². The highest BCUT2D eigenvalue weighted by molar-refractivity contribution is 7.00. The van der Waals surface area contributed by atoms with Gasteiger partial charge in [-0.05, 0) is 207 Å². The van der Waals surface area contributed by atoms with Gasteiger partial charge < -0.3 is 9.80 Å². The van der Waals surface area contributed by atoms with E-state index in [9.17, 15) is 0 Å². The van der Waals surface area contributed by atoms with Gasteiger partial charge >= 0.3 is 0 Å². The molecule has 0 saturated carbocycles. The van der Waals surface area contributed by atoms with E-state index in [0.717, 1.165) is 6.42 Å². The van der Waals surface area contributed by atoms with Crippen molar-refractivity contribution >= 4 is 57.2 Å². The highest BCUT2D eigenvalue weighted by Gasteiger charge is 2.51. The average Bonchev–Trinajstić information content (AvgIpc) is 0.906. The van der Waals surface area contributed by atoms with Crippen LogP contribution in [0.15, 0.2) is 158 Å². The zero-order chi connectivity index (χ0) is 60.7. The molecule has 9 aromatic carbocycles. The van der Waals surface area contributed by atoms with Gasteiger partial charge in [-0.3, -0.25) is 0 Å². The summed E-state index contributed by atoms with van der Waals surface area (Å²) in [4.78, 5) is 5.52. The monoisotopic (exact) mass is 1120 g/mol. The minimum absolute atomic E-state index is 0.00297. The highest BCUT2D eigenvalue weighted by Crippen LogP contribution is 2.59. The number of fused-ring (bicyclic) bond motifs is 12. The van der Waals surface area contributed by atoms with Crippen LogP contribution < -0.4 is 26.2 Å². The summed E-state index contributed by atoms with van der Waals surface area (Å²) in [6, 6.07) is 63.9. The van der Waals surface area contributed by atoms with E-state index >= 15 is 0 Å². The predicted molar refractivity (Wildman–Crippen MR) is 368 cm³/mol. The number of hydrogen-bond donors (Lipinski definition) is 0. The van der Waals surface area contributed by atoms with E-state index in [1.54, 1.807) is 0 Å². The molecule has 2 heterocycles. The van der Waals surface area contributed by atoms with Crippen LogP contribution in [-0.2, 0) is 43.3 Å². The Labute approximate surface area is 515 Å². The lowest BCUT2D eigenvalue weighted by molar-refractivity contribution is 0.332.